The number of nitrogens with zero attached hydrogens (tertiary/aromatic N) is 1. The van der Waals surface area contributed by atoms with E-state index in [4.69, 9.17) is 23.7 Å². The highest BCUT2D eigenvalue weighted by molar-refractivity contribution is 8.00. The van der Waals surface area contributed by atoms with Crippen molar-refractivity contribution in [3.05, 3.63) is 47.5 Å². The molecule has 1 aromatic heterocycles. The lowest BCUT2D eigenvalue weighted by molar-refractivity contribution is -0.121. The molecular weight excluding hydrogens is 757 g/mol. The van der Waals surface area contributed by atoms with Crippen LogP contribution in [0.25, 0.3) is 11.3 Å². The summed E-state index contributed by atoms with van der Waals surface area (Å²) >= 11 is 1.90. The van der Waals surface area contributed by atoms with Gasteiger partial charge in [-0.25, -0.2) is 4.79 Å². The van der Waals surface area contributed by atoms with E-state index in [1.54, 1.807) is 0 Å². The van der Waals surface area contributed by atoms with E-state index in [-0.39, 0.29) is 24.0 Å². The molecule has 14 heteroatoms. The van der Waals surface area contributed by atoms with E-state index in [1.807, 2.05) is 62.0 Å². The maximum Gasteiger partial charge on any atom is 0.315 e. The zero-order valence-electron chi connectivity index (χ0n) is 35.2. The number of urea groups is 1. The molecule has 5 N–H and O–H groups in total. The molecule has 4 atom stereocenters. The van der Waals surface area contributed by atoms with Crippen LogP contribution in [0.1, 0.15) is 97.1 Å². The van der Waals surface area contributed by atoms with Crippen LogP contribution in [-0.4, -0.2) is 98.0 Å². The van der Waals surface area contributed by atoms with Crippen LogP contribution >= 0.6 is 11.8 Å². The third-order valence-corrected chi connectivity index (χ3v) is 12.1. The number of rotatable bonds is 25. The standard InChI is InChI=1S/C36H48N6O7S.C8H18/c1-3-47-25-9-7-8-24(20-25)38-35-27-18-23-19-29(48-4-2)30(21-26(23)33(27)41-42-35)49-17-16-46-15-14-45-13-12-37-32(43)11-6-5-10-31-34-28(22-50-31)39-36(44)40-34;1-4-6-7-8(3)5-2/h7-9,19-21,28,31,34H,3-6,10-18,22H2,1-2H3,(H,37,43)(H2,38,41,42)(H2,39,40,44);8H,4-7H2,1-3H3. The molecule has 0 saturated carbocycles. The molecule has 6 rings (SSSR count). The van der Waals surface area contributed by atoms with Gasteiger partial charge in [0.05, 0.1) is 57.4 Å². The van der Waals surface area contributed by atoms with E-state index < -0.39 is 0 Å². The number of amides is 3. The van der Waals surface area contributed by atoms with Gasteiger partial charge in [0.1, 0.15) is 12.4 Å². The van der Waals surface area contributed by atoms with Gasteiger partial charge in [-0.3, -0.25) is 9.89 Å². The van der Waals surface area contributed by atoms with Crippen LogP contribution in [0.5, 0.6) is 17.2 Å². The van der Waals surface area contributed by atoms with E-state index in [0.29, 0.717) is 76.0 Å². The third kappa shape index (κ3) is 13.5. The van der Waals surface area contributed by atoms with Gasteiger partial charge in [-0.15, -0.1) is 0 Å². The molecule has 3 amide bonds. The normalized spacial score (nSPS) is 17.9. The Balaban J connectivity index is 0.000000725. The summed E-state index contributed by atoms with van der Waals surface area (Å²) in [6, 6.07) is 12.3. The first-order chi connectivity index (χ1) is 28.3. The van der Waals surface area contributed by atoms with Crippen molar-refractivity contribution in [2.45, 2.75) is 110 Å². The number of fused-ring (bicyclic) bond motifs is 4. The fraction of sp³-hybridized carbons (Fsp3) is 0.614. The summed E-state index contributed by atoms with van der Waals surface area (Å²) in [5, 5.41) is 20.5. The summed E-state index contributed by atoms with van der Waals surface area (Å²) in [4.78, 5) is 23.7. The van der Waals surface area contributed by atoms with Gasteiger partial charge in [-0.2, -0.15) is 16.9 Å². The SMILES string of the molecule is CCCCC(C)CC.CCOc1cccc(Nc2n[nH]c3c2Cc2cc(OCC)c(OCCOCCOCCNC(=O)CCCCC4SCC5NC(=O)NC54)cc2-3)c1. The lowest BCUT2D eigenvalue weighted by Crippen LogP contribution is -2.36. The Hall–Kier alpha value is -4.14. The molecule has 2 aromatic carbocycles. The van der Waals surface area contributed by atoms with Crippen LogP contribution in [0.2, 0.25) is 0 Å². The van der Waals surface area contributed by atoms with Crippen LogP contribution in [0.4, 0.5) is 16.3 Å². The predicted molar refractivity (Wildman–Crippen MR) is 232 cm³/mol. The molecule has 3 heterocycles. The minimum Gasteiger partial charge on any atom is -0.494 e. The van der Waals surface area contributed by atoms with Crippen LogP contribution in [0.3, 0.4) is 0 Å². The van der Waals surface area contributed by atoms with Crippen molar-refractivity contribution in [3.63, 3.8) is 0 Å². The van der Waals surface area contributed by atoms with Gasteiger partial charge in [0.25, 0.3) is 0 Å². The molecule has 2 fully saturated rings. The molecule has 13 nitrogen and oxygen atoms in total. The van der Waals surface area contributed by atoms with Crippen molar-refractivity contribution in [1.29, 1.82) is 0 Å². The van der Waals surface area contributed by atoms with Crippen LogP contribution < -0.4 is 35.5 Å². The first kappa shape index (κ1) is 45.0. The van der Waals surface area contributed by atoms with Crippen molar-refractivity contribution in [2.24, 2.45) is 5.92 Å². The van der Waals surface area contributed by atoms with E-state index >= 15 is 0 Å². The van der Waals surface area contributed by atoms with Crippen molar-refractivity contribution < 1.29 is 33.3 Å². The molecule has 58 heavy (non-hydrogen) atoms. The molecule has 2 saturated heterocycles. The monoisotopic (exact) mass is 822 g/mol. The van der Waals surface area contributed by atoms with Crippen LogP contribution in [-0.2, 0) is 20.7 Å². The summed E-state index contributed by atoms with van der Waals surface area (Å²) in [6.07, 6.45) is 9.57. The molecule has 0 spiro atoms. The number of H-pyrrole nitrogens is 1. The molecule has 3 aromatic rings. The summed E-state index contributed by atoms with van der Waals surface area (Å²) < 4.78 is 29.0. The number of aromatic amines is 1. The molecular formula is C44H66N6O7S. The van der Waals surface area contributed by atoms with E-state index in [2.05, 4.69) is 52.2 Å². The van der Waals surface area contributed by atoms with Crippen molar-refractivity contribution in [2.75, 3.05) is 63.9 Å². The van der Waals surface area contributed by atoms with Crippen LogP contribution in [0.15, 0.2) is 36.4 Å². The van der Waals surface area contributed by atoms with Gasteiger partial charge in [0, 0.05) is 53.3 Å². The Kier molecular flexibility index (Phi) is 18.7. The number of carbonyl (C=O) groups is 2. The van der Waals surface area contributed by atoms with Gasteiger partial charge in [-0.1, -0.05) is 58.9 Å². The Bertz CT molecular complexity index is 1720. The average Bonchev–Trinajstić information content (AvgIpc) is 3.99. The van der Waals surface area contributed by atoms with E-state index in [0.717, 1.165) is 77.0 Å². The quantitative estimate of drug-likeness (QED) is 0.0328. The Morgan fingerprint density at radius 3 is 2.52 bits per heavy atom. The average molecular weight is 823 g/mol. The van der Waals surface area contributed by atoms with Gasteiger partial charge >= 0.3 is 6.03 Å². The lowest BCUT2D eigenvalue weighted by atomic mass is 10.0. The molecule has 0 radical (unpaired) electrons. The number of ether oxygens (including phenoxy) is 5. The lowest BCUT2D eigenvalue weighted by Gasteiger charge is -2.16. The van der Waals surface area contributed by atoms with E-state index in [9.17, 15) is 9.59 Å². The number of thioether (sulfide) groups is 1. The molecule has 4 unspecified atom stereocenters. The minimum atomic E-state index is -0.0607. The van der Waals surface area contributed by atoms with Gasteiger partial charge in [-0.05, 0) is 62.4 Å². The molecule has 3 aliphatic rings. The number of anilines is 2. The summed E-state index contributed by atoms with van der Waals surface area (Å²) in [7, 11) is 0. The highest BCUT2D eigenvalue weighted by Crippen LogP contribution is 2.44. The topological polar surface area (TPSA) is 157 Å². The highest BCUT2D eigenvalue weighted by atomic mass is 32.2. The van der Waals surface area contributed by atoms with Gasteiger partial charge < -0.3 is 45.0 Å². The summed E-state index contributed by atoms with van der Waals surface area (Å²) in [6.45, 7) is 14.4. The Morgan fingerprint density at radius 2 is 1.72 bits per heavy atom. The number of carbonyl (C=O) groups excluding carboxylic acids is 2. The number of hydrogen-bond donors (Lipinski definition) is 5. The number of benzene rings is 2. The van der Waals surface area contributed by atoms with Gasteiger partial charge in [0.2, 0.25) is 5.91 Å². The first-order valence-electron chi connectivity index (χ1n) is 21.4. The number of nitrogens with one attached hydrogen (secondary N) is 5. The largest absolute Gasteiger partial charge is 0.494 e. The second-order valence-corrected chi connectivity index (χ2v) is 16.3. The van der Waals surface area contributed by atoms with Crippen molar-refractivity contribution in [1.82, 2.24) is 26.1 Å². The predicted octanol–water partition coefficient (Wildman–Crippen LogP) is 8.00. The second kappa shape index (κ2) is 24.1. The summed E-state index contributed by atoms with van der Waals surface area (Å²) in [5.41, 5.74) is 5.17. The smallest absolute Gasteiger partial charge is 0.315 e. The molecule has 0 bridgehead atoms. The zero-order chi connectivity index (χ0) is 41.1. The molecule has 2 aliphatic heterocycles. The van der Waals surface area contributed by atoms with Crippen LogP contribution in [0, 0.1) is 5.92 Å². The first-order valence-corrected chi connectivity index (χ1v) is 22.5. The highest BCUT2D eigenvalue weighted by Gasteiger charge is 2.42. The zero-order valence-corrected chi connectivity index (χ0v) is 36.0. The number of unbranched alkanes of at least 4 members (excludes halogenated alkanes) is 2. The number of hydrogen-bond acceptors (Lipinski definition) is 10. The maximum atomic E-state index is 12.2. The molecule has 320 valence electrons. The minimum absolute atomic E-state index is 0.0391. The number of aromatic nitrogens is 2. The maximum absolute atomic E-state index is 12.2. The van der Waals surface area contributed by atoms with Crippen molar-refractivity contribution >= 4 is 35.2 Å². The Labute approximate surface area is 349 Å². The van der Waals surface area contributed by atoms with E-state index in [1.165, 1.54) is 25.7 Å². The fourth-order valence-corrected chi connectivity index (χ4v) is 8.84. The third-order valence-electron chi connectivity index (χ3n) is 10.6. The van der Waals surface area contributed by atoms with Gasteiger partial charge in [0.15, 0.2) is 17.3 Å². The fourth-order valence-electron chi connectivity index (χ4n) is 7.30. The second-order valence-electron chi connectivity index (χ2n) is 15.0. The van der Waals surface area contributed by atoms with Crippen molar-refractivity contribution in [3.8, 4) is 28.5 Å². The summed E-state index contributed by atoms with van der Waals surface area (Å²) in [5.74, 6) is 4.91. The molecule has 1 aliphatic carbocycles. The Morgan fingerprint density at radius 1 is 0.931 bits per heavy atom.